The molecule has 0 spiro atoms. The minimum atomic E-state index is -0.371. The molecule has 4 heteroatoms. The normalized spacial score (nSPS) is 10.2. The molecule has 0 atom stereocenters. The summed E-state index contributed by atoms with van der Waals surface area (Å²) in [6.45, 7) is 2.05. The molecular weight excluding hydrogens is 242 g/mol. The quantitative estimate of drug-likeness (QED) is 0.790. The third-order valence-corrected chi connectivity index (χ3v) is 2.83. The van der Waals surface area contributed by atoms with Gasteiger partial charge in [0.25, 0.3) is 5.91 Å². The molecule has 0 saturated heterocycles. The lowest BCUT2D eigenvalue weighted by Crippen LogP contribution is -2.23. The van der Waals surface area contributed by atoms with Gasteiger partial charge in [-0.15, -0.1) is 0 Å². The van der Waals surface area contributed by atoms with Crippen LogP contribution < -0.4 is 5.32 Å². The van der Waals surface area contributed by atoms with Gasteiger partial charge in [-0.3, -0.25) is 4.79 Å². The van der Waals surface area contributed by atoms with Gasteiger partial charge in [0.2, 0.25) is 0 Å². The highest BCUT2D eigenvalue weighted by Gasteiger charge is 2.11. The van der Waals surface area contributed by atoms with Gasteiger partial charge < -0.3 is 15.5 Å². The van der Waals surface area contributed by atoms with E-state index in [1.807, 2.05) is 6.92 Å². The Morgan fingerprint density at radius 1 is 1.11 bits per heavy atom. The van der Waals surface area contributed by atoms with Crippen molar-refractivity contribution in [1.82, 2.24) is 5.32 Å². The molecule has 0 bridgehead atoms. The first-order chi connectivity index (χ1) is 9.08. The molecule has 2 aromatic rings. The van der Waals surface area contributed by atoms with Gasteiger partial charge >= 0.3 is 0 Å². The first-order valence-corrected chi connectivity index (χ1v) is 5.92. The maximum atomic E-state index is 11.9. The molecule has 4 nitrogen and oxygen atoms in total. The number of aryl methyl sites for hydroxylation is 1. The number of para-hydroxylation sites is 1. The van der Waals surface area contributed by atoms with Crippen LogP contribution in [0, 0.1) is 6.92 Å². The minimum Gasteiger partial charge on any atom is -0.508 e. The molecule has 3 N–H and O–H groups in total. The Balaban J connectivity index is 2.10. The van der Waals surface area contributed by atoms with Crippen molar-refractivity contribution in [1.29, 1.82) is 0 Å². The van der Waals surface area contributed by atoms with E-state index in [4.69, 9.17) is 0 Å². The lowest BCUT2D eigenvalue weighted by atomic mass is 10.1. The van der Waals surface area contributed by atoms with E-state index in [0.717, 1.165) is 5.56 Å². The van der Waals surface area contributed by atoms with Gasteiger partial charge in [-0.1, -0.05) is 29.8 Å². The van der Waals surface area contributed by atoms with Crippen LogP contribution >= 0.6 is 0 Å². The number of nitrogens with one attached hydrogen (secondary N) is 1. The van der Waals surface area contributed by atoms with Crippen LogP contribution in [0.4, 0.5) is 0 Å². The lowest BCUT2D eigenvalue weighted by molar-refractivity contribution is 0.0948. The summed E-state index contributed by atoms with van der Waals surface area (Å²) in [7, 11) is 0. The molecule has 0 radical (unpaired) electrons. The second-order valence-corrected chi connectivity index (χ2v) is 4.33. The van der Waals surface area contributed by atoms with Gasteiger partial charge in [0, 0.05) is 12.1 Å². The third-order valence-electron chi connectivity index (χ3n) is 2.83. The van der Waals surface area contributed by atoms with E-state index in [2.05, 4.69) is 5.32 Å². The molecule has 0 aliphatic rings. The van der Waals surface area contributed by atoms with Crippen molar-refractivity contribution < 1.29 is 15.0 Å². The van der Waals surface area contributed by atoms with Crippen LogP contribution in [0.3, 0.4) is 0 Å². The number of aromatic hydroxyl groups is 2. The summed E-state index contributed by atoms with van der Waals surface area (Å²) in [4.78, 5) is 11.9. The molecule has 0 aromatic heterocycles. The average Bonchev–Trinajstić information content (AvgIpc) is 2.40. The highest BCUT2D eigenvalue weighted by Crippen LogP contribution is 2.19. The molecule has 2 rings (SSSR count). The van der Waals surface area contributed by atoms with E-state index >= 15 is 0 Å². The van der Waals surface area contributed by atoms with E-state index in [9.17, 15) is 15.0 Å². The number of benzene rings is 2. The van der Waals surface area contributed by atoms with Crippen LogP contribution in [-0.2, 0) is 6.54 Å². The van der Waals surface area contributed by atoms with Crippen molar-refractivity contribution in [3.05, 3.63) is 59.2 Å². The summed E-state index contributed by atoms with van der Waals surface area (Å²) >= 11 is 0. The summed E-state index contributed by atoms with van der Waals surface area (Å²) < 4.78 is 0. The van der Waals surface area contributed by atoms with Gasteiger partial charge in [0.1, 0.15) is 11.5 Å². The predicted octanol–water partition coefficient (Wildman–Crippen LogP) is 2.34. The van der Waals surface area contributed by atoms with Gasteiger partial charge in [0.15, 0.2) is 0 Å². The summed E-state index contributed by atoms with van der Waals surface area (Å²) in [6.07, 6.45) is 0. The van der Waals surface area contributed by atoms with Gasteiger partial charge in [-0.05, 0) is 25.1 Å². The fourth-order valence-corrected chi connectivity index (χ4v) is 1.76. The molecule has 2 aromatic carbocycles. The number of carbonyl (C=O) groups excluding carboxylic acids is 1. The monoisotopic (exact) mass is 257 g/mol. The fourth-order valence-electron chi connectivity index (χ4n) is 1.76. The number of phenols is 2. The zero-order valence-corrected chi connectivity index (χ0v) is 10.6. The molecule has 0 aliphatic carbocycles. The minimum absolute atomic E-state index is 0.0552. The van der Waals surface area contributed by atoms with Crippen LogP contribution in [0.1, 0.15) is 21.5 Å². The highest BCUT2D eigenvalue weighted by atomic mass is 16.3. The zero-order valence-electron chi connectivity index (χ0n) is 10.6. The van der Waals surface area contributed by atoms with Crippen molar-refractivity contribution in [2.75, 3.05) is 0 Å². The van der Waals surface area contributed by atoms with Crippen LogP contribution in [0.2, 0.25) is 0 Å². The Labute approximate surface area is 111 Å². The second kappa shape index (κ2) is 5.44. The number of amides is 1. The van der Waals surface area contributed by atoms with Crippen LogP contribution in [0.15, 0.2) is 42.5 Å². The number of carbonyl (C=O) groups is 1. The summed E-state index contributed by atoms with van der Waals surface area (Å²) in [5.41, 5.74) is 1.75. The topological polar surface area (TPSA) is 69.6 Å². The number of rotatable bonds is 3. The zero-order chi connectivity index (χ0) is 13.8. The van der Waals surface area contributed by atoms with Crippen LogP contribution in [0.5, 0.6) is 11.5 Å². The molecule has 1 amide bonds. The van der Waals surface area contributed by atoms with Gasteiger partial charge in [0.05, 0.1) is 5.56 Å². The molecular formula is C15H15NO3. The summed E-state index contributed by atoms with van der Waals surface area (Å²) in [5, 5.41) is 21.9. The fraction of sp³-hybridized carbons (Fsp3) is 0.133. The van der Waals surface area contributed by atoms with Crippen molar-refractivity contribution >= 4 is 5.91 Å². The Morgan fingerprint density at radius 3 is 2.58 bits per heavy atom. The molecule has 0 aliphatic heterocycles. The molecule has 0 fully saturated rings. The number of phenolic OH excluding ortho intramolecular Hbond substituents is 2. The Kier molecular flexibility index (Phi) is 3.71. The second-order valence-electron chi connectivity index (χ2n) is 4.33. The van der Waals surface area contributed by atoms with Crippen molar-refractivity contribution in [2.24, 2.45) is 0 Å². The highest BCUT2D eigenvalue weighted by molar-refractivity contribution is 5.96. The van der Waals surface area contributed by atoms with Crippen molar-refractivity contribution in [2.45, 2.75) is 13.5 Å². The number of hydrogen-bond acceptors (Lipinski definition) is 3. The molecule has 19 heavy (non-hydrogen) atoms. The van der Waals surface area contributed by atoms with Crippen molar-refractivity contribution in [3.8, 4) is 11.5 Å². The maximum Gasteiger partial charge on any atom is 0.255 e. The van der Waals surface area contributed by atoms with Crippen LogP contribution in [0.25, 0.3) is 0 Å². The largest absolute Gasteiger partial charge is 0.508 e. The Morgan fingerprint density at radius 2 is 1.84 bits per heavy atom. The van der Waals surface area contributed by atoms with Crippen molar-refractivity contribution in [3.63, 3.8) is 0 Å². The van der Waals surface area contributed by atoms with E-state index in [0.29, 0.717) is 5.56 Å². The third kappa shape index (κ3) is 3.04. The number of hydrogen-bond donors (Lipinski definition) is 3. The lowest BCUT2D eigenvalue weighted by Gasteiger charge is -2.08. The maximum absolute atomic E-state index is 11.9. The smallest absolute Gasteiger partial charge is 0.255 e. The average molecular weight is 257 g/mol. The summed E-state index contributed by atoms with van der Waals surface area (Å²) in [5.74, 6) is -0.291. The predicted molar refractivity (Wildman–Crippen MR) is 72.1 cm³/mol. The van der Waals surface area contributed by atoms with Gasteiger partial charge in [-0.2, -0.15) is 0 Å². The Bertz CT molecular complexity index is 608. The van der Waals surface area contributed by atoms with Crippen LogP contribution in [-0.4, -0.2) is 16.1 Å². The van der Waals surface area contributed by atoms with E-state index < -0.39 is 0 Å². The van der Waals surface area contributed by atoms with Gasteiger partial charge in [-0.25, -0.2) is 0 Å². The molecule has 0 unspecified atom stereocenters. The standard InChI is InChI=1S/C15H15NO3/c1-10-6-7-14(18)12(8-10)15(19)16-9-11-4-2-3-5-13(11)17/h2-8,17-18H,9H2,1H3,(H,16,19). The Hall–Kier alpha value is -2.49. The van der Waals surface area contributed by atoms with E-state index in [1.165, 1.54) is 6.07 Å². The summed E-state index contributed by atoms with van der Waals surface area (Å²) in [6, 6.07) is 11.6. The first kappa shape index (κ1) is 13.0. The molecule has 0 heterocycles. The molecule has 0 saturated carbocycles. The van der Waals surface area contributed by atoms with E-state index in [1.54, 1.807) is 36.4 Å². The SMILES string of the molecule is Cc1ccc(O)c(C(=O)NCc2ccccc2O)c1. The molecule has 98 valence electrons. The van der Waals surface area contributed by atoms with E-state index in [-0.39, 0.29) is 29.5 Å². The first-order valence-electron chi connectivity index (χ1n) is 5.92.